The third-order valence-corrected chi connectivity index (χ3v) is 14.3. The van der Waals surface area contributed by atoms with Crippen molar-refractivity contribution in [3.8, 4) is 78.7 Å². The summed E-state index contributed by atoms with van der Waals surface area (Å²) >= 11 is 0. The summed E-state index contributed by atoms with van der Waals surface area (Å²) in [5, 5.41) is 4.85. The Bertz CT molecular complexity index is 4150. The molecule has 13 aromatic rings. The van der Waals surface area contributed by atoms with Gasteiger partial charge in [0.15, 0.2) is 5.82 Å². The molecule has 3 aromatic heterocycles. The second-order valence-corrected chi connectivity index (χ2v) is 19.4. The van der Waals surface area contributed by atoms with E-state index in [0.29, 0.717) is 5.82 Å². The Labute approximate surface area is 419 Å². The Morgan fingerprint density at radius 1 is 0.264 bits per heavy atom. The molecule has 0 radical (unpaired) electrons. The molecular weight excluding hydrogens is 873 g/mol. The van der Waals surface area contributed by atoms with Crippen molar-refractivity contribution in [2.45, 2.75) is 27.7 Å². The van der Waals surface area contributed by atoms with Crippen LogP contribution in [0.1, 0.15) is 22.3 Å². The van der Waals surface area contributed by atoms with E-state index in [1.807, 2.05) is 24.3 Å². The van der Waals surface area contributed by atoms with Crippen LogP contribution in [0.3, 0.4) is 0 Å². The van der Waals surface area contributed by atoms with E-state index < -0.39 is 0 Å². The Morgan fingerprint density at radius 3 is 1.26 bits per heavy atom. The minimum atomic E-state index is 0.686. The number of aromatic nitrogens is 4. The molecule has 0 aliphatic heterocycles. The number of hydrogen-bond acceptors (Lipinski definition) is 2. The van der Waals surface area contributed by atoms with Crippen LogP contribution in [0.25, 0.3) is 122 Å². The van der Waals surface area contributed by atoms with Gasteiger partial charge in [-0.25, -0.2) is 9.97 Å². The average Bonchev–Trinajstić information content (AvgIpc) is 3.92. The molecule has 4 nitrogen and oxygen atoms in total. The lowest BCUT2D eigenvalue weighted by Crippen LogP contribution is -2.02. The Hall–Kier alpha value is -9.12. The van der Waals surface area contributed by atoms with Gasteiger partial charge >= 0.3 is 0 Å². The second kappa shape index (κ2) is 17.4. The zero-order chi connectivity index (χ0) is 48.5. The number of aryl methyl sites for hydroxylation is 4. The third-order valence-electron chi connectivity index (χ3n) is 14.3. The molecule has 13 rings (SSSR count). The van der Waals surface area contributed by atoms with Crippen LogP contribution < -0.4 is 0 Å². The molecule has 0 spiro atoms. The zero-order valence-corrected chi connectivity index (χ0v) is 40.7. The smallest absolute Gasteiger partial charge is 0.160 e. The molecule has 0 aliphatic carbocycles. The predicted molar refractivity (Wildman–Crippen MR) is 302 cm³/mol. The van der Waals surface area contributed by atoms with Gasteiger partial charge in [0, 0.05) is 49.4 Å². The van der Waals surface area contributed by atoms with Gasteiger partial charge < -0.3 is 9.13 Å². The number of hydrogen-bond donors (Lipinski definition) is 0. The maximum absolute atomic E-state index is 5.35. The highest BCUT2D eigenvalue weighted by atomic mass is 15.0. The molecule has 10 aromatic carbocycles. The summed E-state index contributed by atoms with van der Waals surface area (Å²) < 4.78 is 4.94. The van der Waals surface area contributed by atoms with Crippen molar-refractivity contribution in [1.29, 1.82) is 0 Å². The fourth-order valence-electron chi connectivity index (χ4n) is 11.2. The van der Waals surface area contributed by atoms with Crippen LogP contribution in [0.4, 0.5) is 0 Å². The van der Waals surface area contributed by atoms with Gasteiger partial charge in [-0.15, -0.1) is 0 Å². The van der Waals surface area contributed by atoms with E-state index in [4.69, 9.17) is 9.97 Å². The number of para-hydroxylation sites is 3. The van der Waals surface area contributed by atoms with E-state index in [-0.39, 0.29) is 0 Å². The number of nitrogens with zero attached hydrogens (tertiary/aromatic N) is 4. The lowest BCUT2D eigenvalue weighted by atomic mass is 9.97. The maximum atomic E-state index is 5.35. The first-order chi connectivity index (χ1) is 35.3. The molecule has 0 bridgehead atoms. The first kappa shape index (κ1) is 42.9. The van der Waals surface area contributed by atoms with Crippen LogP contribution in [-0.2, 0) is 0 Å². The first-order valence-electron chi connectivity index (χ1n) is 24.8. The van der Waals surface area contributed by atoms with Gasteiger partial charge in [-0.1, -0.05) is 198 Å². The molecule has 0 saturated heterocycles. The SMILES string of the molecule is Cc1cc(C)cc(-c2ccc3c(c2)c2ccccc2n3-c2ccccc2-c2ccc(-c3cc(-c4ccccc4)nc(-c4ccccc4)n3)cc2-n2c3ccccc3c3cc(-c4cc(C)cc(C)c4)ccc32)c1. The van der Waals surface area contributed by atoms with Crippen molar-refractivity contribution in [2.75, 3.05) is 0 Å². The van der Waals surface area contributed by atoms with Gasteiger partial charge in [-0.3, -0.25) is 0 Å². The molecule has 342 valence electrons. The molecule has 0 amide bonds. The Kier molecular flexibility index (Phi) is 10.4. The Morgan fingerprint density at radius 2 is 0.694 bits per heavy atom. The summed E-state index contributed by atoms with van der Waals surface area (Å²) in [6.45, 7) is 8.72. The molecule has 72 heavy (non-hydrogen) atoms. The van der Waals surface area contributed by atoms with Gasteiger partial charge in [0.05, 0.1) is 44.8 Å². The molecule has 0 fully saturated rings. The quantitative estimate of drug-likeness (QED) is 0.152. The fourth-order valence-corrected chi connectivity index (χ4v) is 11.2. The monoisotopic (exact) mass is 922 g/mol. The summed E-state index contributed by atoms with van der Waals surface area (Å²) in [6, 6.07) is 84.0. The first-order valence-corrected chi connectivity index (χ1v) is 24.8. The zero-order valence-electron chi connectivity index (χ0n) is 40.7. The van der Waals surface area contributed by atoms with E-state index in [2.05, 4.69) is 243 Å². The standard InChI is InChI=1S/C68H50N4/c1-43-33-44(2)36-52(35-43)49-28-31-65-58(39-49)55-22-12-15-25-63(55)71(65)62-24-14-11-21-54(62)57-30-27-51(61-42-60(47-17-7-5-8-18-47)69-68(70-61)48-19-9-6-10-20-48)41-67(57)72-64-26-16-13-23-56(64)59-40-50(29-32-66(59)72)53-37-45(3)34-46(4)38-53/h5-42H,1-4H3. The van der Waals surface area contributed by atoms with E-state index in [1.54, 1.807) is 0 Å². The van der Waals surface area contributed by atoms with Crippen LogP contribution in [0, 0.1) is 27.7 Å². The van der Waals surface area contributed by atoms with E-state index >= 15 is 0 Å². The predicted octanol–water partition coefficient (Wildman–Crippen LogP) is 17.9. The third kappa shape index (κ3) is 7.48. The largest absolute Gasteiger partial charge is 0.309 e. The summed E-state index contributed by atoms with van der Waals surface area (Å²) in [4.78, 5) is 10.5. The minimum Gasteiger partial charge on any atom is -0.309 e. The molecule has 0 saturated carbocycles. The van der Waals surface area contributed by atoms with Crippen molar-refractivity contribution in [2.24, 2.45) is 0 Å². The van der Waals surface area contributed by atoms with Crippen molar-refractivity contribution in [3.05, 3.63) is 253 Å². The van der Waals surface area contributed by atoms with Gasteiger partial charge in [0.1, 0.15) is 0 Å². The summed E-state index contributed by atoms with van der Waals surface area (Å²) in [5.74, 6) is 0.686. The molecule has 0 N–H and O–H groups in total. The molecule has 4 heteroatoms. The van der Waals surface area contributed by atoms with Gasteiger partial charge in [-0.05, 0) is 105 Å². The maximum Gasteiger partial charge on any atom is 0.160 e. The second-order valence-electron chi connectivity index (χ2n) is 19.4. The lowest BCUT2D eigenvalue weighted by molar-refractivity contribution is 1.15. The highest BCUT2D eigenvalue weighted by molar-refractivity contribution is 6.13. The minimum absolute atomic E-state index is 0.686. The van der Waals surface area contributed by atoms with Crippen molar-refractivity contribution < 1.29 is 0 Å². The van der Waals surface area contributed by atoms with Crippen LogP contribution in [0.2, 0.25) is 0 Å². The normalized spacial score (nSPS) is 11.6. The topological polar surface area (TPSA) is 35.6 Å². The van der Waals surface area contributed by atoms with Crippen LogP contribution in [-0.4, -0.2) is 19.1 Å². The van der Waals surface area contributed by atoms with Crippen molar-refractivity contribution >= 4 is 43.6 Å². The molecule has 0 atom stereocenters. The van der Waals surface area contributed by atoms with Gasteiger partial charge in [0.25, 0.3) is 0 Å². The van der Waals surface area contributed by atoms with E-state index in [9.17, 15) is 0 Å². The average molecular weight is 923 g/mol. The number of rotatable bonds is 8. The van der Waals surface area contributed by atoms with Gasteiger partial charge in [-0.2, -0.15) is 0 Å². The number of fused-ring (bicyclic) bond motifs is 6. The summed E-state index contributed by atoms with van der Waals surface area (Å²) in [7, 11) is 0. The molecule has 0 unspecified atom stereocenters. The molecule has 0 aliphatic rings. The summed E-state index contributed by atoms with van der Waals surface area (Å²) in [5.41, 5.74) is 23.6. The van der Waals surface area contributed by atoms with E-state index in [0.717, 1.165) is 72.6 Å². The van der Waals surface area contributed by atoms with Crippen LogP contribution in [0.5, 0.6) is 0 Å². The van der Waals surface area contributed by atoms with Gasteiger partial charge in [0.2, 0.25) is 0 Å². The molecule has 3 heterocycles. The fraction of sp³-hybridized carbons (Fsp3) is 0.0588. The Balaban J connectivity index is 1.08. The van der Waals surface area contributed by atoms with E-state index in [1.165, 1.54) is 66.1 Å². The van der Waals surface area contributed by atoms with Crippen LogP contribution >= 0.6 is 0 Å². The lowest BCUT2D eigenvalue weighted by Gasteiger charge is -2.20. The highest BCUT2D eigenvalue weighted by Gasteiger charge is 2.23. The molecular formula is C68H50N4. The highest BCUT2D eigenvalue weighted by Crippen LogP contribution is 2.44. The van der Waals surface area contributed by atoms with Crippen molar-refractivity contribution in [1.82, 2.24) is 19.1 Å². The van der Waals surface area contributed by atoms with Crippen LogP contribution in [0.15, 0.2) is 231 Å². The number of benzene rings is 10. The van der Waals surface area contributed by atoms with Crippen molar-refractivity contribution in [3.63, 3.8) is 0 Å². The summed E-state index contributed by atoms with van der Waals surface area (Å²) in [6.07, 6.45) is 0.